The molecule has 3 aromatic carbocycles. The molecule has 0 saturated heterocycles. The fourth-order valence-electron chi connectivity index (χ4n) is 4.43. The first kappa shape index (κ1) is 20.8. The van der Waals surface area contributed by atoms with Crippen molar-refractivity contribution in [3.05, 3.63) is 89.6 Å². The van der Waals surface area contributed by atoms with Gasteiger partial charge in [-0.05, 0) is 83.1 Å². The van der Waals surface area contributed by atoms with E-state index in [-0.39, 0.29) is 11.2 Å². The maximum atomic E-state index is 10.3. The SMILES string of the molecule is Cc1ccc(C#N)cc1-c1ccc2c(c1)c1ccc(O)cc1n2-c1cc(C(C)(C)C)ccn1. The number of nitriles is 1. The quantitative estimate of drug-likeness (QED) is 0.326. The molecule has 4 nitrogen and oxygen atoms in total. The van der Waals surface area contributed by atoms with Gasteiger partial charge in [0.1, 0.15) is 11.6 Å². The minimum Gasteiger partial charge on any atom is -0.508 e. The van der Waals surface area contributed by atoms with Gasteiger partial charge in [0.25, 0.3) is 0 Å². The van der Waals surface area contributed by atoms with Crippen molar-refractivity contribution in [2.75, 3.05) is 0 Å². The largest absolute Gasteiger partial charge is 0.508 e. The van der Waals surface area contributed by atoms with Crippen LogP contribution in [0.2, 0.25) is 0 Å². The average Bonchev–Trinajstić information content (AvgIpc) is 3.11. The summed E-state index contributed by atoms with van der Waals surface area (Å²) in [4.78, 5) is 4.69. The van der Waals surface area contributed by atoms with E-state index in [9.17, 15) is 10.4 Å². The highest BCUT2D eigenvalue weighted by Crippen LogP contribution is 2.37. The maximum Gasteiger partial charge on any atom is 0.137 e. The van der Waals surface area contributed by atoms with Crippen molar-refractivity contribution in [2.45, 2.75) is 33.1 Å². The molecule has 33 heavy (non-hydrogen) atoms. The number of benzene rings is 3. The average molecular weight is 432 g/mol. The van der Waals surface area contributed by atoms with Crippen LogP contribution in [0.25, 0.3) is 38.8 Å². The second-order valence-corrected chi connectivity index (χ2v) is 9.56. The van der Waals surface area contributed by atoms with Gasteiger partial charge in [-0.15, -0.1) is 0 Å². The smallest absolute Gasteiger partial charge is 0.137 e. The van der Waals surface area contributed by atoms with Crippen LogP contribution in [0.1, 0.15) is 37.5 Å². The molecule has 5 aromatic rings. The molecule has 162 valence electrons. The Morgan fingerprint density at radius 2 is 1.70 bits per heavy atom. The predicted octanol–water partition coefficient (Wildman–Crippen LogP) is 7.03. The fourth-order valence-corrected chi connectivity index (χ4v) is 4.43. The Labute approximate surface area is 193 Å². The highest BCUT2D eigenvalue weighted by atomic mass is 16.3. The third-order valence-corrected chi connectivity index (χ3v) is 6.27. The van der Waals surface area contributed by atoms with E-state index in [1.165, 1.54) is 5.56 Å². The maximum absolute atomic E-state index is 10.3. The lowest BCUT2D eigenvalue weighted by Gasteiger charge is -2.20. The molecule has 2 aromatic heterocycles. The highest BCUT2D eigenvalue weighted by molar-refractivity contribution is 6.10. The van der Waals surface area contributed by atoms with Gasteiger partial charge in [0.2, 0.25) is 0 Å². The summed E-state index contributed by atoms with van der Waals surface area (Å²) in [5, 5.41) is 21.8. The molecule has 0 bridgehead atoms. The number of phenolic OH excluding ortho intramolecular Hbond substituents is 1. The van der Waals surface area contributed by atoms with Crippen LogP contribution >= 0.6 is 0 Å². The Morgan fingerprint density at radius 3 is 2.45 bits per heavy atom. The Balaban J connectivity index is 1.81. The van der Waals surface area contributed by atoms with E-state index in [0.29, 0.717) is 5.56 Å². The zero-order chi connectivity index (χ0) is 23.3. The van der Waals surface area contributed by atoms with Crippen LogP contribution in [-0.2, 0) is 5.41 Å². The molecule has 1 N–H and O–H groups in total. The zero-order valence-electron chi connectivity index (χ0n) is 19.2. The Kier molecular flexibility index (Phi) is 4.72. The topological polar surface area (TPSA) is 61.8 Å². The van der Waals surface area contributed by atoms with Gasteiger partial charge >= 0.3 is 0 Å². The summed E-state index contributed by atoms with van der Waals surface area (Å²) in [7, 11) is 0. The molecule has 0 unspecified atom stereocenters. The lowest BCUT2D eigenvalue weighted by atomic mass is 9.88. The lowest BCUT2D eigenvalue weighted by molar-refractivity contribution is 0.476. The van der Waals surface area contributed by atoms with E-state index in [1.54, 1.807) is 12.1 Å². The van der Waals surface area contributed by atoms with Crippen molar-refractivity contribution in [1.29, 1.82) is 5.26 Å². The summed E-state index contributed by atoms with van der Waals surface area (Å²) in [6, 6.07) is 24.0. The number of aryl methyl sites for hydroxylation is 1. The van der Waals surface area contributed by atoms with Crippen LogP contribution < -0.4 is 0 Å². The monoisotopic (exact) mass is 431 g/mol. The van der Waals surface area contributed by atoms with Gasteiger partial charge in [-0.3, -0.25) is 4.57 Å². The van der Waals surface area contributed by atoms with Crippen molar-refractivity contribution >= 4 is 21.8 Å². The van der Waals surface area contributed by atoms with Crippen LogP contribution in [0.15, 0.2) is 72.9 Å². The number of fused-ring (bicyclic) bond motifs is 3. The normalized spacial score (nSPS) is 11.7. The second kappa shape index (κ2) is 7.50. The van der Waals surface area contributed by atoms with Crippen molar-refractivity contribution < 1.29 is 5.11 Å². The molecule has 4 heteroatoms. The van der Waals surface area contributed by atoms with Crippen LogP contribution in [-0.4, -0.2) is 14.7 Å². The number of rotatable bonds is 2. The molecule has 0 aliphatic heterocycles. The molecule has 0 radical (unpaired) electrons. The summed E-state index contributed by atoms with van der Waals surface area (Å²) in [6.45, 7) is 8.62. The van der Waals surface area contributed by atoms with Gasteiger partial charge in [0, 0.05) is 23.0 Å². The molecule has 0 fully saturated rings. The number of phenols is 1. The standard InChI is InChI=1S/C29H25N3O/c1-18-5-6-19(17-30)13-24(18)20-7-10-26-25(14-20)23-9-8-22(33)16-27(23)32(26)28-15-21(11-12-31-28)29(2,3)4/h5-16,33H,1-4H3. The number of aromatic nitrogens is 2. The number of hydrogen-bond donors (Lipinski definition) is 1. The molecule has 5 rings (SSSR count). The predicted molar refractivity (Wildman–Crippen MR) is 134 cm³/mol. The Hall–Kier alpha value is -4.10. The van der Waals surface area contributed by atoms with Gasteiger partial charge in [0.15, 0.2) is 0 Å². The molecular weight excluding hydrogens is 406 g/mol. The van der Waals surface area contributed by atoms with Crippen molar-refractivity contribution in [3.63, 3.8) is 0 Å². The van der Waals surface area contributed by atoms with E-state index < -0.39 is 0 Å². The van der Waals surface area contributed by atoms with Gasteiger partial charge in [-0.1, -0.05) is 32.9 Å². The molecule has 0 atom stereocenters. The number of aromatic hydroxyl groups is 1. The zero-order valence-corrected chi connectivity index (χ0v) is 19.2. The minimum atomic E-state index is -0.00492. The van der Waals surface area contributed by atoms with Crippen molar-refractivity contribution in [3.8, 4) is 28.8 Å². The van der Waals surface area contributed by atoms with Crippen molar-refractivity contribution in [2.24, 2.45) is 0 Å². The summed E-state index contributed by atoms with van der Waals surface area (Å²) in [6.07, 6.45) is 1.85. The molecular formula is C29H25N3O. The summed E-state index contributed by atoms with van der Waals surface area (Å²) in [5.41, 5.74) is 6.98. The molecule has 0 amide bonds. The lowest BCUT2D eigenvalue weighted by Crippen LogP contribution is -2.12. The van der Waals surface area contributed by atoms with E-state index in [4.69, 9.17) is 0 Å². The number of pyridine rings is 1. The fraction of sp³-hybridized carbons (Fsp3) is 0.172. The Morgan fingerprint density at radius 1 is 0.879 bits per heavy atom. The first-order valence-electron chi connectivity index (χ1n) is 11.0. The summed E-state index contributed by atoms with van der Waals surface area (Å²) < 4.78 is 2.11. The third kappa shape index (κ3) is 3.52. The molecule has 0 aliphatic rings. The van der Waals surface area contributed by atoms with Crippen LogP contribution in [0.5, 0.6) is 5.75 Å². The molecule has 0 saturated carbocycles. The van der Waals surface area contributed by atoms with Gasteiger partial charge < -0.3 is 5.11 Å². The van der Waals surface area contributed by atoms with E-state index in [1.807, 2.05) is 30.5 Å². The second-order valence-electron chi connectivity index (χ2n) is 9.56. The van der Waals surface area contributed by atoms with Gasteiger partial charge in [-0.2, -0.15) is 5.26 Å². The van der Waals surface area contributed by atoms with Crippen LogP contribution in [0.4, 0.5) is 0 Å². The van der Waals surface area contributed by atoms with Crippen LogP contribution in [0.3, 0.4) is 0 Å². The van der Waals surface area contributed by atoms with E-state index in [2.05, 4.69) is 73.6 Å². The summed E-state index contributed by atoms with van der Waals surface area (Å²) in [5.74, 6) is 1.04. The third-order valence-electron chi connectivity index (χ3n) is 6.27. The van der Waals surface area contributed by atoms with E-state index >= 15 is 0 Å². The summed E-state index contributed by atoms with van der Waals surface area (Å²) >= 11 is 0. The van der Waals surface area contributed by atoms with E-state index in [0.717, 1.165) is 44.3 Å². The minimum absolute atomic E-state index is 0.00492. The molecule has 0 aliphatic carbocycles. The van der Waals surface area contributed by atoms with Crippen molar-refractivity contribution in [1.82, 2.24) is 9.55 Å². The molecule has 0 spiro atoms. The van der Waals surface area contributed by atoms with Crippen LogP contribution in [0, 0.1) is 18.3 Å². The Bertz CT molecular complexity index is 1580. The first-order valence-corrected chi connectivity index (χ1v) is 11.0. The highest BCUT2D eigenvalue weighted by Gasteiger charge is 2.18. The van der Waals surface area contributed by atoms with Gasteiger partial charge in [0.05, 0.1) is 22.7 Å². The number of nitrogens with zero attached hydrogens (tertiary/aromatic N) is 3. The first-order chi connectivity index (χ1) is 15.8. The number of hydrogen-bond acceptors (Lipinski definition) is 3. The van der Waals surface area contributed by atoms with Gasteiger partial charge in [-0.25, -0.2) is 4.98 Å². The molecule has 2 heterocycles.